The van der Waals surface area contributed by atoms with Gasteiger partial charge < -0.3 is 5.32 Å². The van der Waals surface area contributed by atoms with Crippen molar-refractivity contribution < 1.29 is 9.72 Å². The number of hydrogen-bond acceptors (Lipinski definition) is 4. The first-order valence-electron chi connectivity index (χ1n) is 6.95. The van der Waals surface area contributed by atoms with E-state index in [0.29, 0.717) is 5.69 Å². The van der Waals surface area contributed by atoms with E-state index in [1.807, 2.05) is 19.1 Å². The third-order valence-corrected chi connectivity index (χ3v) is 3.87. The highest BCUT2D eigenvalue weighted by molar-refractivity contribution is 6.37. The lowest BCUT2D eigenvalue weighted by atomic mass is 10.1. The fourth-order valence-electron chi connectivity index (χ4n) is 1.94. The van der Waals surface area contributed by atoms with Gasteiger partial charge in [-0.05, 0) is 31.2 Å². The summed E-state index contributed by atoms with van der Waals surface area (Å²) in [4.78, 5) is 22.5. The van der Waals surface area contributed by atoms with E-state index in [9.17, 15) is 20.2 Å². The van der Waals surface area contributed by atoms with E-state index in [2.05, 4.69) is 5.32 Å². The summed E-state index contributed by atoms with van der Waals surface area (Å²) >= 11 is 11.8. The molecular formula is C17H11Cl2N3O3. The molecule has 0 atom stereocenters. The number of nitro groups is 1. The number of benzene rings is 2. The van der Waals surface area contributed by atoms with Crippen LogP contribution in [0.5, 0.6) is 0 Å². The van der Waals surface area contributed by atoms with Crippen molar-refractivity contribution in [2.24, 2.45) is 0 Å². The molecular weight excluding hydrogens is 365 g/mol. The molecule has 0 unspecified atom stereocenters. The highest BCUT2D eigenvalue weighted by Gasteiger charge is 2.17. The number of amides is 1. The lowest BCUT2D eigenvalue weighted by Crippen LogP contribution is -2.13. The summed E-state index contributed by atoms with van der Waals surface area (Å²) in [5.41, 5.74) is 1.07. The van der Waals surface area contributed by atoms with Crippen LogP contribution < -0.4 is 5.32 Å². The van der Waals surface area contributed by atoms with Gasteiger partial charge in [-0.3, -0.25) is 14.9 Å². The van der Waals surface area contributed by atoms with Crippen LogP contribution in [0.15, 0.2) is 42.0 Å². The van der Waals surface area contributed by atoms with E-state index in [0.717, 1.165) is 11.6 Å². The Kier molecular flexibility index (Phi) is 5.75. The average molecular weight is 376 g/mol. The third kappa shape index (κ3) is 4.57. The predicted molar refractivity (Wildman–Crippen MR) is 96.5 cm³/mol. The molecule has 0 aromatic heterocycles. The van der Waals surface area contributed by atoms with Crippen LogP contribution in [0.2, 0.25) is 10.0 Å². The minimum Gasteiger partial charge on any atom is -0.321 e. The zero-order valence-electron chi connectivity index (χ0n) is 12.9. The van der Waals surface area contributed by atoms with E-state index in [1.54, 1.807) is 18.2 Å². The second-order valence-corrected chi connectivity index (χ2v) is 5.89. The number of nitrogens with one attached hydrogen (secondary N) is 1. The average Bonchev–Trinajstić information content (AvgIpc) is 2.55. The summed E-state index contributed by atoms with van der Waals surface area (Å²) in [5.74, 6) is -0.653. The topological polar surface area (TPSA) is 96.0 Å². The maximum Gasteiger partial charge on any atom is 0.288 e. The zero-order valence-corrected chi connectivity index (χ0v) is 14.4. The summed E-state index contributed by atoms with van der Waals surface area (Å²) in [6, 6.07) is 11.1. The molecule has 0 aliphatic rings. The van der Waals surface area contributed by atoms with Gasteiger partial charge in [0, 0.05) is 22.3 Å². The monoisotopic (exact) mass is 375 g/mol. The maximum atomic E-state index is 12.2. The van der Waals surface area contributed by atoms with E-state index < -0.39 is 10.8 Å². The van der Waals surface area contributed by atoms with Crippen molar-refractivity contribution in [3.8, 4) is 6.07 Å². The zero-order chi connectivity index (χ0) is 18.6. The number of nitriles is 1. The molecule has 8 heteroatoms. The van der Waals surface area contributed by atoms with E-state index in [1.165, 1.54) is 12.1 Å². The molecule has 1 amide bonds. The van der Waals surface area contributed by atoms with Crippen LogP contribution >= 0.6 is 23.2 Å². The second kappa shape index (κ2) is 7.79. The second-order valence-electron chi connectivity index (χ2n) is 5.07. The molecule has 0 aliphatic heterocycles. The van der Waals surface area contributed by atoms with Crippen molar-refractivity contribution in [3.63, 3.8) is 0 Å². The van der Waals surface area contributed by atoms with Gasteiger partial charge in [0.2, 0.25) is 0 Å². The van der Waals surface area contributed by atoms with Gasteiger partial charge in [-0.1, -0.05) is 40.9 Å². The Morgan fingerprint density at radius 1 is 1.24 bits per heavy atom. The smallest absolute Gasteiger partial charge is 0.288 e. The molecule has 0 aliphatic carbocycles. The summed E-state index contributed by atoms with van der Waals surface area (Å²) in [5, 5.41) is 22.7. The number of halogens is 2. The van der Waals surface area contributed by atoms with Gasteiger partial charge in [-0.2, -0.15) is 5.26 Å². The first kappa shape index (κ1) is 18.5. The molecule has 2 rings (SSSR count). The summed E-state index contributed by atoms with van der Waals surface area (Å²) in [6.07, 6.45) is 1.18. The Labute approximate surface area is 153 Å². The van der Waals surface area contributed by atoms with Gasteiger partial charge in [0.15, 0.2) is 0 Å². The van der Waals surface area contributed by atoms with Crippen molar-refractivity contribution in [1.82, 2.24) is 0 Å². The normalized spacial score (nSPS) is 10.9. The maximum absolute atomic E-state index is 12.2. The van der Waals surface area contributed by atoms with Gasteiger partial charge in [-0.15, -0.1) is 0 Å². The predicted octanol–water partition coefficient (Wildman–Crippen LogP) is 4.76. The number of hydrogen-bond donors (Lipinski definition) is 1. The van der Waals surface area contributed by atoms with Crippen LogP contribution in [0, 0.1) is 28.4 Å². The molecule has 0 saturated heterocycles. The van der Waals surface area contributed by atoms with Crippen LogP contribution in [0.25, 0.3) is 6.08 Å². The number of rotatable bonds is 4. The van der Waals surface area contributed by atoms with Crippen molar-refractivity contribution in [3.05, 3.63) is 73.3 Å². The van der Waals surface area contributed by atoms with Crippen molar-refractivity contribution in [1.29, 1.82) is 5.26 Å². The van der Waals surface area contributed by atoms with Gasteiger partial charge in [0.05, 0.1) is 4.92 Å². The Balaban J connectivity index is 2.35. The molecule has 1 N–H and O–H groups in total. The fraction of sp³-hybridized carbons (Fsp3) is 0.0588. The lowest BCUT2D eigenvalue weighted by Gasteiger charge is -2.06. The number of nitro benzene ring substituents is 1. The van der Waals surface area contributed by atoms with E-state index >= 15 is 0 Å². The minimum absolute atomic E-state index is 0.0893. The first-order chi connectivity index (χ1) is 11.8. The Morgan fingerprint density at radius 3 is 2.44 bits per heavy atom. The van der Waals surface area contributed by atoms with Gasteiger partial charge in [0.25, 0.3) is 11.6 Å². The molecule has 0 fully saturated rings. The molecule has 0 radical (unpaired) electrons. The van der Waals surface area contributed by atoms with Crippen molar-refractivity contribution >= 4 is 46.6 Å². The summed E-state index contributed by atoms with van der Waals surface area (Å²) < 4.78 is 0. The molecule has 2 aromatic carbocycles. The van der Waals surface area contributed by atoms with Gasteiger partial charge >= 0.3 is 0 Å². The Morgan fingerprint density at radius 2 is 1.88 bits per heavy atom. The van der Waals surface area contributed by atoms with Gasteiger partial charge in [0.1, 0.15) is 16.7 Å². The molecule has 25 heavy (non-hydrogen) atoms. The highest BCUT2D eigenvalue weighted by atomic mass is 35.5. The highest BCUT2D eigenvalue weighted by Crippen LogP contribution is 2.32. The molecule has 2 aromatic rings. The first-order valence-corrected chi connectivity index (χ1v) is 7.70. The van der Waals surface area contributed by atoms with E-state index in [-0.39, 0.29) is 26.9 Å². The molecule has 0 spiro atoms. The number of carbonyl (C=O) groups excluding carboxylic acids is 1. The van der Waals surface area contributed by atoms with Crippen LogP contribution in [0.3, 0.4) is 0 Å². The molecule has 0 heterocycles. The fourth-order valence-corrected chi connectivity index (χ4v) is 2.45. The minimum atomic E-state index is -0.672. The quantitative estimate of drug-likeness (QED) is 0.360. The van der Waals surface area contributed by atoms with Crippen LogP contribution in [0.4, 0.5) is 11.4 Å². The number of nitrogens with zero attached hydrogens (tertiary/aromatic N) is 2. The Bertz CT molecular complexity index is 916. The summed E-state index contributed by atoms with van der Waals surface area (Å²) in [7, 11) is 0. The molecule has 6 nitrogen and oxygen atoms in total. The van der Waals surface area contributed by atoms with Crippen LogP contribution in [0.1, 0.15) is 11.1 Å². The van der Waals surface area contributed by atoms with Crippen LogP contribution in [-0.4, -0.2) is 10.8 Å². The van der Waals surface area contributed by atoms with E-state index in [4.69, 9.17) is 23.2 Å². The van der Waals surface area contributed by atoms with Crippen molar-refractivity contribution in [2.45, 2.75) is 6.92 Å². The third-order valence-electron chi connectivity index (χ3n) is 3.24. The standard InChI is InChI=1S/C17H11Cl2N3O3/c1-10-2-4-13(5-3-10)21-17(23)12(9-20)6-11-7-16(22(24)25)15(19)8-14(11)18/h2-8H,1H3,(H,21,23)/b12-6-. The van der Waals surface area contributed by atoms with Gasteiger partial charge in [-0.25, -0.2) is 0 Å². The van der Waals surface area contributed by atoms with Crippen LogP contribution in [-0.2, 0) is 4.79 Å². The Hall–Kier alpha value is -2.88. The molecule has 0 bridgehead atoms. The number of carbonyl (C=O) groups is 1. The number of aryl methyl sites for hydroxylation is 1. The SMILES string of the molecule is Cc1ccc(NC(=O)/C(C#N)=C\c2cc([N+](=O)[O-])c(Cl)cc2Cl)cc1. The number of anilines is 1. The summed E-state index contributed by atoms with van der Waals surface area (Å²) in [6.45, 7) is 1.90. The molecule has 126 valence electrons. The largest absolute Gasteiger partial charge is 0.321 e. The molecule has 0 saturated carbocycles. The van der Waals surface area contributed by atoms with Crippen molar-refractivity contribution in [2.75, 3.05) is 5.32 Å². The lowest BCUT2D eigenvalue weighted by molar-refractivity contribution is -0.384.